The molecule has 8 heteroatoms. The monoisotopic (exact) mass is 664 g/mol. The Labute approximate surface area is 288 Å². The second kappa shape index (κ2) is 18.9. The molecule has 49 heavy (non-hydrogen) atoms. The molecular weight excluding hydrogens is 620 g/mol. The highest BCUT2D eigenvalue weighted by Crippen LogP contribution is 2.19. The first-order valence-corrected chi connectivity index (χ1v) is 17.0. The number of hydrogen-bond donors (Lipinski definition) is 0. The second-order valence-corrected chi connectivity index (χ2v) is 12.0. The highest BCUT2D eigenvalue weighted by molar-refractivity contribution is 5.93. The van der Waals surface area contributed by atoms with Crippen molar-refractivity contribution < 1.29 is 38.1 Å². The topological polar surface area (TPSA) is 105 Å². The zero-order valence-electron chi connectivity index (χ0n) is 28.4. The van der Waals surface area contributed by atoms with Gasteiger partial charge in [-0.15, -0.1) is 0 Å². The van der Waals surface area contributed by atoms with Gasteiger partial charge in [0.25, 0.3) is 0 Å². The molecule has 1 atom stereocenters. The van der Waals surface area contributed by atoms with E-state index in [-0.39, 0.29) is 17.7 Å². The molecule has 4 aromatic rings. The average molecular weight is 665 g/mol. The van der Waals surface area contributed by atoms with Gasteiger partial charge < -0.3 is 18.9 Å². The van der Waals surface area contributed by atoms with Gasteiger partial charge in [-0.25, -0.2) is 19.2 Å². The highest BCUT2D eigenvalue weighted by Gasteiger charge is 2.17. The lowest BCUT2D eigenvalue weighted by Crippen LogP contribution is -2.22. The van der Waals surface area contributed by atoms with Crippen molar-refractivity contribution in [2.75, 3.05) is 6.61 Å². The maximum atomic E-state index is 12.6. The number of carbonyl (C=O) groups is 4. The summed E-state index contributed by atoms with van der Waals surface area (Å²) in [6.45, 7) is 5.77. The first-order chi connectivity index (χ1) is 23.7. The number of hydrogen-bond acceptors (Lipinski definition) is 8. The van der Waals surface area contributed by atoms with Gasteiger partial charge in [0.05, 0.1) is 22.3 Å². The molecule has 1 unspecified atom stereocenters. The standard InChI is InChI=1S/C41H44O8/c1-4-6-8-10-30-12-16-33(17-13-30)40(44)48-36-24-20-32(21-25-36)38(42)46-28-29(3)47-39(43)35-22-26-37(27-23-35)49-41(45)34-18-14-31(15-19-34)11-9-7-5-2/h12-27,29H,4-11,28H2,1-3H3. The Kier molecular flexibility index (Phi) is 14.1. The summed E-state index contributed by atoms with van der Waals surface area (Å²) in [6, 6.07) is 26.8. The summed E-state index contributed by atoms with van der Waals surface area (Å²) in [7, 11) is 0. The van der Waals surface area contributed by atoms with Crippen LogP contribution in [0.2, 0.25) is 0 Å². The van der Waals surface area contributed by atoms with E-state index in [2.05, 4.69) is 13.8 Å². The summed E-state index contributed by atoms with van der Waals surface area (Å²) in [4.78, 5) is 50.3. The number of benzene rings is 4. The van der Waals surface area contributed by atoms with E-state index in [0.717, 1.165) is 38.5 Å². The van der Waals surface area contributed by atoms with Gasteiger partial charge in [-0.3, -0.25) is 0 Å². The third-order valence-corrected chi connectivity index (χ3v) is 7.88. The molecular formula is C41H44O8. The van der Waals surface area contributed by atoms with Crippen molar-refractivity contribution >= 4 is 23.9 Å². The van der Waals surface area contributed by atoms with E-state index in [1.165, 1.54) is 72.5 Å². The van der Waals surface area contributed by atoms with Crippen LogP contribution in [-0.4, -0.2) is 36.6 Å². The summed E-state index contributed by atoms with van der Waals surface area (Å²) in [5, 5.41) is 0. The van der Waals surface area contributed by atoms with Gasteiger partial charge in [-0.2, -0.15) is 0 Å². The zero-order chi connectivity index (χ0) is 35.0. The van der Waals surface area contributed by atoms with E-state index in [1.54, 1.807) is 31.2 Å². The van der Waals surface area contributed by atoms with Crippen LogP contribution in [-0.2, 0) is 22.3 Å². The van der Waals surface area contributed by atoms with Crippen LogP contribution in [0.15, 0.2) is 97.1 Å². The molecule has 4 rings (SSSR count). The molecule has 0 radical (unpaired) electrons. The SMILES string of the molecule is CCCCCc1ccc(C(=O)Oc2ccc(C(=O)OCC(C)OC(=O)c3ccc(OC(=O)c4ccc(CCCCC)cc4)cc3)cc2)cc1. The summed E-state index contributed by atoms with van der Waals surface area (Å²) < 4.78 is 21.6. The maximum absolute atomic E-state index is 12.6. The predicted molar refractivity (Wildman–Crippen MR) is 187 cm³/mol. The van der Waals surface area contributed by atoms with E-state index >= 15 is 0 Å². The van der Waals surface area contributed by atoms with Crippen molar-refractivity contribution in [2.45, 2.75) is 78.2 Å². The Morgan fingerprint density at radius 1 is 0.490 bits per heavy atom. The summed E-state index contributed by atoms with van der Waals surface area (Å²) >= 11 is 0. The lowest BCUT2D eigenvalue weighted by Gasteiger charge is -2.14. The third-order valence-electron chi connectivity index (χ3n) is 7.88. The predicted octanol–water partition coefficient (Wildman–Crippen LogP) is 8.99. The fourth-order valence-corrected chi connectivity index (χ4v) is 4.98. The van der Waals surface area contributed by atoms with Crippen molar-refractivity contribution in [3.63, 3.8) is 0 Å². The number of carbonyl (C=O) groups excluding carboxylic acids is 4. The summed E-state index contributed by atoms with van der Waals surface area (Å²) in [5.41, 5.74) is 3.76. The molecule has 0 aliphatic carbocycles. The normalized spacial score (nSPS) is 11.3. The maximum Gasteiger partial charge on any atom is 0.343 e. The first kappa shape index (κ1) is 36.6. The lowest BCUT2D eigenvalue weighted by molar-refractivity contribution is 0.00447. The molecule has 4 aromatic carbocycles. The summed E-state index contributed by atoms with van der Waals surface area (Å²) in [6.07, 6.45) is 8.12. The third kappa shape index (κ3) is 11.7. The Bertz CT molecular complexity index is 1660. The molecule has 8 nitrogen and oxygen atoms in total. The zero-order valence-corrected chi connectivity index (χ0v) is 28.4. The smallest absolute Gasteiger partial charge is 0.343 e. The first-order valence-electron chi connectivity index (χ1n) is 17.0. The van der Waals surface area contributed by atoms with Crippen LogP contribution in [0.25, 0.3) is 0 Å². The quantitative estimate of drug-likeness (QED) is 0.0626. The van der Waals surface area contributed by atoms with Gasteiger partial charge in [0, 0.05) is 0 Å². The van der Waals surface area contributed by atoms with Crippen LogP contribution in [0.3, 0.4) is 0 Å². The number of aryl methyl sites for hydroxylation is 2. The molecule has 0 saturated carbocycles. The van der Waals surface area contributed by atoms with Gasteiger partial charge in [0.1, 0.15) is 24.2 Å². The van der Waals surface area contributed by atoms with Crippen molar-refractivity contribution in [2.24, 2.45) is 0 Å². The van der Waals surface area contributed by atoms with Crippen LogP contribution >= 0.6 is 0 Å². The molecule has 0 saturated heterocycles. The molecule has 0 fully saturated rings. The number of esters is 4. The molecule has 0 bridgehead atoms. The summed E-state index contributed by atoms with van der Waals surface area (Å²) in [5.74, 6) is -1.61. The van der Waals surface area contributed by atoms with Crippen LogP contribution in [0.5, 0.6) is 11.5 Å². The molecule has 256 valence electrons. The Balaban J connectivity index is 1.18. The molecule has 0 amide bonds. The fraction of sp³-hybridized carbons (Fsp3) is 0.317. The Morgan fingerprint density at radius 2 is 0.857 bits per heavy atom. The minimum absolute atomic E-state index is 0.164. The minimum Gasteiger partial charge on any atom is -0.458 e. The molecule has 0 aliphatic rings. The van der Waals surface area contributed by atoms with Crippen molar-refractivity contribution in [1.29, 1.82) is 0 Å². The molecule has 0 aromatic heterocycles. The van der Waals surface area contributed by atoms with Gasteiger partial charge in [-0.05, 0) is 117 Å². The van der Waals surface area contributed by atoms with E-state index < -0.39 is 30.0 Å². The van der Waals surface area contributed by atoms with Crippen molar-refractivity contribution in [3.05, 3.63) is 130 Å². The minimum atomic E-state index is -0.725. The van der Waals surface area contributed by atoms with Crippen LogP contribution in [0, 0.1) is 0 Å². The number of unbranched alkanes of at least 4 members (excludes halogenated alkanes) is 4. The van der Waals surface area contributed by atoms with Gasteiger partial charge >= 0.3 is 23.9 Å². The van der Waals surface area contributed by atoms with Crippen molar-refractivity contribution in [1.82, 2.24) is 0 Å². The molecule has 0 spiro atoms. The van der Waals surface area contributed by atoms with Crippen LogP contribution in [0.1, 0.15) is 112 Å². The number of rotatable bonds is 17. The largest absolute Gasteiger partial charge is 0.458 e. The molecule has 0 N–H and O–H groups in total. The second-order valence-electron chi connectivity index (χ2n) is 12.0. The van der Waals surface area contributed by atoms with E-state index in [1.807, 2.05) is 24.3 Å². The number of ether oxygens (including phenoxy) is 4. The van der Waals surface area contributed by atoms with E-state index in [0.29, 0.717) is 22.6 Å². The lowest BCUT2D eigenvalue weighted by atomic mass is 10.1. The Morgan fingerprint density at radius 3 is 1.27 bits per heavy atom. The van der Waals surface area contributed by atoms with Crippen molar-refractivity contribution in [3.8, 4) is 11.5 Å². The van der Waals surface area contributed by atoms with E-state index in [9.17, 15) is 19.2 Å². The fourth-order valence-electron chi connectivity index (χ4n) is 4.98. The van der Waals surface area contributed by atoms with E-state index in [4.69, 9.17) is 18.9 Å². The molecule has 0 aliphatic heterocycles. The van der Waals surface area contributed by atoms with Crippen LogP contribution in [0.4, 0.5) is 0 Å². The average Bonchev–Trinajstić information content (AvgIpc) is 3.12. The highest BCUT2D eigenvalue weighted by atomic mass is 16.6. The van der Waals surface area contributed by atoms with Gasteiger partial charge in [-0.1, -0.05) is 63.8 Å². The van der Waals surface area contributed by atoms with Gasteiger partial charge in [0.15, 0.2) is 0 Å². The Hall–Kier alpha value is -5.24. The molecule has 0 heterocycles. The van der Waals surface area contributed by atoms with Crippen LogP contribution < -0.4 is 9.47 Å². The van der Waals surface area contributed by atoms with Gasteiger partial charge in [0.2, 0.25) is 0 Å².